The first-order valence-electron chi connectivity index (χ1n) is 4.45. The van der Waals surface area contributed by atoms with Gasteiger partial charge in [0.25, 0.3) is 0 Å². The van der Waals surface area contributed by atoms with Crippen LogP contribution in [0, 0.1) is 5.82 Å². The molecule has 7 heteroatoms. The van der Waals surface area contributed by atoms with E-state index in [1.807, 2.05) is 4.98 Å². The predicted molar refractivity (Wildman–Crippen MR) is 54.0 cm³/mol. The quantitative estimate of drug-likeness (QED) is 0.778. The van der Waals surface area contributed by atoms with E-state index in [0.29, 0.717) is 0 Å². The molecule has 2 aromatic rings. The Kier molecular flexibility index (Phi) is 2.82. The maximum Gasteiger partial charge on any atom is 0.449 e. The molecule has 0 aliphatic carbocycles. The topological polar surface area (TPSA) is 28.7 Å². The minimum absolute atomic E-state index is 0.0551. The van der Waals surface area contributed by atoms with E-state index in [0.717, 1.165) is 12.3 Å². The zero-order valence-electron chi connectivity index (χ0n) is 8.15. The van der Waals surface area contributed by atoms with Gasteiger partial charge in [-0.05, 0) is 18.2 Å². The van der Waals surface area contributed by atoms with Gasteiger partial charge in [-0.3, -0.25) is 0 Å². The Morgan fingerprint density at radius 2 is 1.94 bits per heavy atom. The Hall–Kier alpha value is -1.56. The summed E-state index contributed by atoms with van der Waals surface area (Å²) in [6, 6.07) is 3.61. The smallest absolute Gasteiger partial charge is 0.334 e. The van der Waals surface area contributed by atoms with Gasteiger partial charge in [0.05, 0.1) is 11.9 Å². The Balaban J connectivity index is 2.47. The molecule has 2 rings (SSSR count). The number of H-pyrrole nitrogens is 1. The van der Waals surface area contributed by atoms with Crippen molar-refractivity contribution in [1.82, 2.24) is 9.97 Å². The molecule has 0 unspecified atom stereocenters. The molecule has 0 bridgehead atoms. The van der Waals surface area contributed by atoms with Crippen molar-refractivity contribution in [2.45, 2.75) is 6.18 Å². The lowest BCUT2D eigenvalue weighted by molar-refractivity contribution is -0.144. The van der Waals surface area contributed by atoms with Gasteiger partial charge in [0, 0.05) is 10.6 Å². The van der Waals surface area contributed by atoms with Gasteiger partial charge >= 0.3 is 6.18 Å². The molecule has 17 heavy (non-hydrogen) atoms. The van der Waals surface area contributed by atoms with Crippen molar-refractivity contribution in [3.8, 4) is 11.3 Å². The molecular formula is C10H5ClF4N2. The normalized spacial score (nSPS) is 11.8. The molecule has 0 fully saturated rings. The summed E-state index contributed by atoms with van der Waals surface area (Å²) in [5, 5.41) is 0.226. The number of nitrogens with one attached hydrogen (secondary N) is 1. The molecule has 0 saturated heterocycles. The molecule has 1 heterocycles. The molecule has 0 amide bonds. The molecular weight excluding hydrogens is 260 g/mol. The van der Waals surface area contributed by atoms with Crippen molar-refractivity contribution in [1.29, 1.82) is 0 Å². The number of benzene rings is 1. The second-order valence-electron chi connectivity index (χ2n) is 3.27. The third kappa shape index (κ3) is 2.41. The largest absolute Gasteiger partial charge is 0.449 e. The van der Waals surface area contributed by atoms with Crippen molar-refractivity contribution in [3.05, 3.63) is 41.1 Å². The first kappa shape index (κ1) is 11.9. The lowest BCUT2D eigenvalue weighted by Gasteiger charge is -2.02. The number of hydrogen-bond donors (Lipinski definition) is 1. The average molecular weight is 265 g/mol. The molecule has 0 radical (unpaired) electrons. The number of aromatic nitrogens is 2. The van der Waals surface area contributed by atoms with Gasteiger partial charge in [-0.15, -0.1) is 0 Å². The highest BCUT2D eigenvalue weighted by Gasteiger charge is 2.34. The number of aromatic amines is 1. The highest BCUT2D eigenvalue weighted by Crippen LogP contribution is 2.30. The SMILES string of the molecule is Fc1ccc(Cl)cc1-c1cnc(C(F)(F)F)[nH]1. The Labute approximate surface area is 98.2 Å². The summed E-state index contributed by atoms with van der Waals surface area (Å²) < 4.78 is 50.2. The average Bonchev–Trinajstić information content (AvgIpc) is 2.70. The maximum absolute atomic E-state index is 13.4. The van der Waals surface area contributed by atoms with E-state index in [2.05, 4.69) is 4.98 Å². The third-order valence-electron chi connectivity index (χ3n) is 2.06. The zero-order valence-corrected chi connectivity index (χ0v) is 8.90. The van der Waals surface area contributed by atoms with Crippen molar-refractivity contribution < 1.29 is 17.6 Å². The van der Waals surface area contributed by atoms with Crippen LogP contribution in [0.15, 0.2) is 24.4 Å². The van der Waals surface area contributed by atoms with Crippen molar-refractivity contribution in [2.75, 3.05) is 0 Å². The van der Waals surface area contributed by atoms with Gasteiger partial charge in [-0.25, -0.2) is 9.37 Å². The van der Waals surface area contributed by atoms with E-state index in [4.69, 9.17) is 11.6 Å². The van der Waals surface area contributed by atoms with E-state index < -0.39 is 17.8 Å². The van der Waals surface area contributed by atoms with Gasteiger partial charge in [-0.2, -0.15) is 13.2 Å². The highest BCUT2D eigenvalue weighted by molar-refractivity contribution is 6.30. The van der Waals surface area contributed by atoms with Gasteiger partial charge in [0.1, 0.15) is 5.82 Å². The maximum atomic E-state index is 13.4. The third-order valence-corrected chi connectivity index (χ3v) is 2.30. The Bertz CT molecular complexity index is 547. The fourth-order valence-corrected chi connectivity index (χ4v) is 1.48. The highest BCUT2D eigenvalue weighted by atomic mass is 35.5. The van der Waals surface area contributed by atoms with Crippen LogP contribution in [-0.4, -0.2) is 9.97 Å². The van der Waals surface area contributed by atoms with Crippen LogP contribution in [0.4, 0.5) is 17.6 Å². The van der Waals surface area contributed by atoms with Crippen LogP contribution in [0.25, 0.3) is 11.3 Å². The van der Waals surface area contributed by atoms with Gasteiger partial charge in [0.15, 0.2) is 0 Å². The summed E-state index contributed by atoms with van der Waals surface area (Å²) in [7, 11) is 0. The molecule has 0 spiro atoms. The van der Waals surface area contributed by atoms with Crippen LogP contribution >= 0.6 is 11.6 Å². The molecule has 1 aromatic heterocycles. The minimum atomic E-state index is -4.59. The Morgan fingerprint density at radius 3 is 2.53 bits per heavy atom. The lowest BCUT2D eigenvalue weighted by atomic mass is 10.1. The second-order valence-corrected chi connectivity index (χ2v) is 3.70. The molecule has 0 atom stereocenters. The molecule has 1 aromatic carbocycles. The first-order chi connectivity index (χ1) is 7.88. The monoisotopic (exact) mass is 264 g/mol. The van der Waals surface area contributed by atoms with Crippen LogP contribution in [-0.2, 0) is 6.18 Å². The summed E-state index contributed by atoms with van der Waals surface area (Å²) in [6.45, 7) is 0. The second kappa shape index (κ2) is 4.03. The number of halogens is 5. The predicted octanol–water partition coefficient (Wildman–Crippen LogP) is 3.89. The van der Waals surface area contributed by atoms with E-state index in [1.54, 1.807) is 0 Å². The summed E-state index contributed by atoms with van der Waals surface area (Å²) in [4.78, 5) is 5.15. The van der Waals surface area contributed by atoms with Gasteiger partial charge in [0.2, 0.25) is 5.82 Å². The van der Waals surface area contributed by atoms with Crippen molar-refractivity contribution >= 4 is 11.6 Å². The standard InChI is InChI=1S/C10H5ClF4N2/c11-5-1-2-7(12)6(3-5)8-4-16-9(17-8)10(13,14)15/h1-4H,(H,16,17). The molecule has 0 saturated carbocycles. The molecule has 0 aliphatic rings. The van der Waals surface area contributed by atoms with E-state index >= 15 is 0 Å². The zero-order chi connectivity index (χ0) is 12.6. The number of nitrogens with zero attached hydrogens (tertiary/aromatic N) is 1. The first-order valence-corrected chi connectivity index (χ1v) is 4.83. The molecule has 90 valence electrons. The minimum Gasteiger partial charge on any atom is -0.334 e. The summed E-state index contributed by atoms with van der Waals surface area (Å²) >= 11 is 5.64. The Morgan fingerprint density at radius 1 is 1.24 bits per heavy atom. The number of rotatable bonds is 1. The van der Waals surface area contributed by atoms with Gasteiger partial charge < -0.3 is 4.98 Å². The van der Waals surface area contributed by atoms with E-state index in [9.17, 15) is 17.6 Å². The van der Waals surface area contributed by atoms with Crippen molar-refractivity contribution in [3.63, 3.8) is 0 Å². The van der Waals surface area contributed by atoms with Crippen LogP contribution in [0.1, 0.15) is 5.82 Å². The van der Waals surface area contributed by atoms with Crippen LogP contribution in [0.5, 0.6) is 0 Å². The number of alkyl halides is 3. The summed E-state index contributed by atoms with van der Waals surface area (Å²) in [6.07, 6.45) is -3.68. The molecule has 2 nitrogen and oxygen atoms in total. The molecule has 1 N–H and O–H groups in total. The van der Waals surface area contributed by atoms with E-state index in [-0.39, 0.29) is 16.3 Å². The van der Waals surface area contributed by atoms with E-state index in [1.165, 1.54) is 12.1 Å². The van der Waals surface area contributed by atoms with Crippen LogP contribution in [0.3, 0.4) is 0 Å². The number of hydrogen-bond acceptors (Lipinski definition) is 1. The molecule has 0 aliphatic heterocycles. The number of imidazole rings is 1. The summed E-state index contributed by atoms with van der Waals surface area (Å²) in [5.74, 6) is -1.85. The lowest BCUT2D eigenvalue weighted by Crippen LogP contribution is -2.07. The fourth-order valence-electron chi connectivity index (χ4n) is 1.31. The van der Waals surface area contributed by atoms with Crippen molar-refractivity contribution in [2.24, 2.45) is 0 Å². The van der Waals surface area contributed by atoms with Gasteiger partial charge in [-0.1, -0.05) is 11.6 Å². The van der Waals surface area contributed by atoms with Crippen LogP contribution < -0.4 is 0 Å². The fraction of sp³-hybridized carbons (Fsp3) is 0.100. The van der Waals surface area contributed by atoms with Crippen LogP contribution in [0.2, 0.25) is 5.02 Å². The summed E-state index contributed by atoms with van der Waals surface area (Å²) in [5.41, 5.74) is -0.127.